The number of rotatable bonds is 8. The Morgan fingerprint density at radius 3 is 2.51 bits per heavy atom. The van der Waals surface area contributed by atoms with Crippen molar-refractivity contribution >= 4 is 52.2 Å². The summed E-state index contributed by atoms with van der Waals surface area (Å²) in [6.07, 6.45) is 2.20. The number of hydrogen-bond donors (Lipinski definition) is 2. The maximum Gasteiger partial charge on any atom is 0.347 e. The summed E-state index contributed by atoms with van der Waals surface area (Å²) in [5.41, 5.74) is 6.94. The number of hydrazone groups is 1. The molecule has 1 amide bonds. The maximum atomic E-state index is 13.4. The lowest BCUT2D eigenvalue weighted by Crippen LogP contribution is -2.19. The van der Waals surface area contributed by atoms with Crippen molar-refractivity contribution in [1.29, 1.82) is 0 Å². The average Bonchev–Trinajstić information content (AvgIpc) is 3.38. The Morgan fingerprint density at radius 2 is 1.73 bits per heavy atom. The smallest absolute Gasteiger partial charge is 0.347 e. The molecule has 4 aromatic carbocycles. The number of carbonyl (C=O) groups is 2. The zero-order valence-corrected chi connectivity index (χ0v) is 23.7. The van der Waals surface area contributed by atoms with Crippen molar-refractivity contribution in [3.63, 3.8) is 0 Å². The van der Waals surface area contributed by atoms with Gasteiger partial charge in [-0.3, -0.25) is 4.79 Å². The van der Waals surface area contributed by atoms with Crippen LogP contribution in [0.5, 0.6) is 11.5 Å². The fourth-order valence-corrected chi connectivity index (χ4v) is 4.98. The van der Waals surface area contributed by atoms with E-state index in [0.29, 0.717) is 32.6 Å². The Hall–Kier alpha value is -4.59. The van der Waals surface area contributed by atoms with E-state index in [9.17, 15) is 9.59 Å². The third kappa shape index (κ3) is 5.82. The number of halogens is 2. The Morgan fingerprint density at radius 1 is 0.951 bits per heavy atom. The molecule has 0 bridgehead atoms. The minimum absolute atomic E-state index is 0.178. The molecular weight excluding hydrogens is 561 g/mol. The fourth-order valence-electron chi connectivity index (χ4n) is 4.58. The van der Waals surface area contributed by atoms with Gasteiger partial charge in [0.15, 0.2) is 0 Å². The van der Waals surface area contributed by atoms with Gasteiger partial charge in [-0.1, -0.05) is 78.7 Å². The molecule has 0 aliphatic carbocycles. The van der Waals surface area contributed by atoms with Gasteiger partial charge in [0.1, 0.15) is 22.8 Å². The van der Waals surface area contributed by atoms with Gasteiger partial charge in [0.2, 0.25) is 0 Å². The predicted molar refractivity (Wildman–Crippen MR) is 163 cm³/mol. The molecule has 7 nitrogen and oxygen atoms in total. The Bertz CT molecular complexity index is 1800. The van der Waals surface area contributed by atoms with Crippen molar-refractivity contribution in [1.82, 2.24) is 10.4 Å². The minimum Gasteiger partial charge on any atom is -0.496 e. The van der Waals surface area contributed by atoms with Crippen LogP contribution in [0.1, 0.15) is 38.9 Å². The first-order valence-electron chi connectivity index (χ1n) is 12.8. The summed E-state index contributed by atoms with van der Waals surface area (Å²) in [6, 6.07) is 24.8. The highest BCUT2D eigenvalue weighted by Crippen LogP contribution is 2.37. The van der Waals surface area contributed by atoms with Gasteiger partial charge in [-0.05, 0) is 48.4 Å². The number of para-hydroxylation sites is 2. The van der Waals surface area contributed by atoms with E-state index < -0.39 is 11.9 Å². The van der Waals surface area contributed by atoms with Crippen LogP contribution in [0.4, 0.5) is 0 Å². The lowest BCUT2D eigenvalue weighted by Gasteiger charge is -2.10. The fraction of sp³-hybridized carbons (Fsp3) is 0.0938. The van der Waals surface area contributed by atoms with E-state index in [1.54, 1.807) is 42.5 Å². The first-order valence-corrected chi connectivity index (χ1v) is 13.5. The predicted octanol–water partition coefficient (Wildman–Crippen LogP) is 7.70. The van der Waals surface area contributed by atoms with Gasteiger partial charge in [0.25, 0.3) is 5.91 Å². The highest BCUT2D eigenvalue weighted by Gasteiger charge is 2.22. The number of aromatic nitrogens is 1. The number of hydrogen-bond acceptors (Lipinski definition) is 5. The van der Waals surface area contributed by atoms with Crippen LogP contribution in [0.25, 0.3) is 22.0 Å². The van der Waals surface area contributed by atoms with E-state index in [4.69, 9.17) is 32.7 Å². The summed E-state index contributed by atoms with van der Waals surface area (Å²) in [4.78, 5) is 29.7. The van der Waals surface area contributed by atoms with Crippen molar-refractivity contribution in [2.24, 2.45) is 5.10 Å². The van der Waals surface area contributed by atoms with Gasteiger partial charge in [-0.15, -0.1) is 0 Å². The normalized spacial score (nSPS) is 11.1. The van der Waals surface area contributed by atoms with Crippen LogP contribution in [0.2, 0.25) is 10.0 Å². The second-order valence-corrected chi connectivity index (χ2v) is 9.86. The largest absolute Gasteiger partial charge is 0.496 e. The molecule has 2 N–H and O–H groups in total. The van der Waals surface area contributed by atoms with Crippen molar-refractivity contribution in [2.75, 3.05) is 7.11 Å². The summed E-state index contributed by atoms with van der Waals surface area (Å²) in [6.45, 7) is 2.06. The molecule has 5 aromatic rings. The van der Waals surface area contributed by atoms with Crippen LogP contribution in [-0.4, -0.2) is 30.2 Å². The highest BCUT2D eigenvalue weighted by molar-refractivity contribution is 6.34. The van der Waals surface area contributed by atoms with E-state index in [0.717, 1.165) is 28.5 Å². The van der Waals surface area contributed by atoms with Crippen molar-refractivity contribution in [3.05, 3.63) is 117 Å². The van der Waals surface area contributed by atoms with Crippen molar-refractivity contribution in [2.45, 2.75) is 13.3 Å². The van der Waals surface area contributed by atoms with E-state index in [-0.39, 0.29) is 11.3 Å². The Kier molecular flexibility index (Phi) is 8.38. The Labute approximate surface area is 246 Å². The molecule has 0 spiro atoms. The van der Waals surface area contributed by atoms with E-state index in [1.807, 2.05) is 36.4 Å². The first kappa shape index (κ1) is 28.0. The molecular formula is C32H25Cl2N3O4. The molecule has 0 saturated carbocycles. The minimum atomic E-state index is -0.650. The maximum absolute atomic E-state index is 13.4. The molecule has 206 valence electrons. The van der Waals surface area contributed by atoms with Crippen molar-refractivity contribution in [3.8, 4) is 22.6 Å². The van der Waals surface area contributed by atoms with Gasteiger partial charge >= 0.3 is 5.97 Å². The van der Waals surface area contributed by atoms with E-state index in [1.165, 1.54) is 19.4 Å². The molecule has 0 radical (unpaired) electrons. The second-order valence-electron chi connectivity index (χ2n) is 9.02. The molecule has 0 atom stereocenters. The quantitative estimate of drug-likeness (QED) is 0.0844. The average molecular weight is 586 g/mol. The number of esters is 1. The summed E-state index contributed by atoms with van der Waals surface area (Å²) < 4.78 is 10.9. The third-order valence-corrected chi connectivity index (χ3v) is 7.11. The van der Waals surface area contributed by atoms with Crippen LogP contribution in [0.3, 0.4) is 0 Å². The van der Waals surface area contributed by atoms with Crippen LogP contribution in [0.15, 0.2) is 90.0 Å². The van der Waals surface area contributed by atoms with Crippen LogP contribution in [-0.2, 0) is 6.42 Å². The lowest BCUT2D eigenvalue weighted by molar-refractivity contribution is 0.0730. The number of benzene rings is 4. The lowest BCUT2D eigenvalue weighted by atomic mass is 9.99. The van der Waals surface area contributed by atoms with Crippen molar-refractivity contribution < 1.29 is 19.1 Å². The number of ether oxygens (including phenoxy) is 2. The van der Waals surface area contributed by atoms with Crippen LogP contribution in [0, 0.1) is 0 Å². The molecule has 0 fully saturated rings. The van der Waals surface area contributed by atoms with Gasteiger partial charge in [0, 0.05) is 37.6 Å². The Balaban J connectivity index is 1.43. The molecule has 0 saturated heterocycles. The van der Waals surface area contributed by atoms with E-state index in [2.05, 4.69) is 22.4 Å². The molecule has 5 rings (SSSR count). The summed E-state index contributed by atoms with van der Waals surface area (Å²) in [5, 5.41) is 5.95. The number of methoxy groups -OCH3 is 1. The number of fused-ring (bicyclic) bond motifs is 1. The number of amides is 1. The SMILES string of the molecule is CCc1cccc2c(-c3ccccc3Cl)c(C(=O)NN=Cc3ccccc3OC(=O)c3cc(Cl)ccc3OC)[nH]c12. The number of H-pyrrole nitrogens is 1. The molecule has 0 aliphatic heterocycles. The van der Waals surface area contributed by atoms with Crippen LogP contribution < -0.4 is 14.9 Å². The van der Waals surface area contributed by atoms with Gasteiger partial charge in [0.05, 0.1) is 13.3 Å². The van der Waals surface area contributed by atoms with Gasteiger partial charge in [-0.25, -0.2) is 10.2 Å². The van der Waals surface area contributed by atoms with Crippen LogP contribution >= 0.6 is 23.2 Å². The number of nitrogens with one attached hydrogen (secondary N) is 2. The summed E-state index contributed by atoms with van der Waals surface area (Å²) >= 11 is 12.6. The van der Waals surface area contributed by atoms with Gasteiger partial charge in [-0.2, -0.15) is 5.10 Å². The zero-order chi connectivity index (χ0) is 28.9. The monoisotopic (exact) mass is 585 g/mol. The van der Waals surface area contributed by atoms with Gasteiger partial charge < -0.3 is 14.5 Å². The number of aromatic amines is 1. The first-order chi connectivity index (χ1) is 19.9. The second kappa shape index (κ2) is 12.3. The molecule has 1 heterocycles. The zero-order valence-electron chi connectivity index (χ0n) is 22.2. The highest BCUT2D eigenvalue weighted by atomic mass is 35.5. The molecule has 0 aliphatic rings. The third-order valence-electron chi connectivity index (χ3n) is 6.54. The van der Waals surface area contributed by atoms with E-state index >= 15 is 0 Å². The molecule has 41 heavy (non-hydrogen) atoms. The standard InChI is InChI=1S/C32H25Cl2N3O4/c1-3-19-10-8-12-23-28(22-11-5-6-13-25(22)34)30(36-29(19)23)31(38)37-35-18-20-9-4-7-14-26(20)41-32(39)24-17-21(33)15-16-27(24)40-2/h4-18,36H,3H2,1-2H3,(H,37,38). The number of carbonyl (C=O) groups excluding carboxylic acids is 2. The summed E-state index contributed by atoms with van der Waals surface area (Å²) in [7, 11) is 1.46. The summed E-state index contributed by atoms with van der Waals surface area (Å²) in [5.74, 6) is -0.528. The molecule has 9 heteroatoms. The molecule has 1 aromatic heterocycles. The molecule has 0 unspecified atom stereocenters. The number of aryl methyl sites for hydroxylation is 1. The topological polar surface area (TPSA) is 92.8 Å². The number of nitrogens with zero attached hydrogens (tertiary/aromatic N) is 1.